The zero-order chi connectivity index (χ0) is 21.6. The van der Waals surface area contributed by atoms with E-state index >= 15 is 0 Å². The van der Waals surface area contributed by atoms with Crippen LogP contribution in [0.4, 0.5) is 13.2 Å². The molecule has 2 heterocycles. The minimum Gasteiger partial charge on any atom is -0.487 e. The number of nitrogens with zero attached hydrogens (tertiary/aromatic N) is 3. The molecular weight excluding hydrogens is 401 g/mol. The molecule has 1 saturated carbocycles. The van der Waals surface area contributed by atoms with E-state index in [1.54, 1.807) is 10.8 Å². The van der Waals surface area contributed by atoms with Crippen molar-refractivity contribution in [1.82, 2.24) is 14.5 Å². The zero-order valence-corrected chi connectivity index (χ0v) is 16.0. The number of aliphatic hydroxyl groups excluding tert-OH is 2. The molecule has 3 aromatic rings. The fraction of sp³-hybridized carbons (Fsp3) is 0.400. The summed E-state index contributed by atoms with van der Waals surface area (Å²) in [5.41, 5.74) is 5.86. The van der Waals surface area contributed by atoms with Crippen LogP contribution in [0.25, 0.3) is 11.0 Å². The molecule has 0 radical (unpaired) electrons. The largest absolute Gasteiger partial charge is 0.487 e. The quantitative estimate of drug-likeness (QED) is 0.596. The first-order valence-corrected chi connectivity index (χ1v) is 9.42. The number of alkyl halides is 3. The summed E-state index contributed by atoms with van der Waals surface area (Å²) >= 11 is 0. The third kappa shape index (κ3) is 3.40. The Morgan fingerprint density at radius 1 is 1.20 bits per heavy atom. The van der Waals surface area contributed by atoms with Crippen LogP contribution in [0.1, 0.15) is 29.3 Å². The van der Waals surface area contributed by atoms with Crippen molar-refractivity contribution in [3.8, 4) is 5.75 Å². The first-order valence-electron chi connectivity index (χ1n) is 9.42. The number of fused-ring (bicyclic) bond motifs is 1. The van der Waals surface area contributed by atoms with Gasteiger partial charge in [0.25, 0.3) is 0 Å². The van der Waals surface area contributed by atoms with Crippen LogP contribution in [-0.4, -0.2) is 43.1 Å². The van der Waals surface area contributed by atoms with Gasteiger partial charge in [-0.25, -0.2) is 9.97 Å². The van der Waals surface area contributed by atoms with Crippen molar-refractivity contribution in [3.63, 3.8) is 0 Å². The third-order valence-electron chi connectivity index (χ3n) is 5.59. The molecular formula is C20H21F3N4O3. The van der Waals surface area contributed by atoms with Crippen LogP contribution in [0.3, 0.4) is 0 Å². The van der Waals surface area contributed by atoms with E-state index in [4.69, 9.17) is 10.5 Å². The minimum atomic E-state index is -4.58. The Labute approximate surface area is 169 Å². The number of aliphatic hydroxyl groups is 2. The van der Waals surface area contributed by atoms with Crippen LogP contribution in [-0.2, 0) is 12.7 Å². The number of rotatable bonds is 4. The van der Waals surface area contributed by atoms with Crippen LogP contribution in [0.2, 0.25) is 0 Å². The van der Waals surface area contributed by atoms with E-state index in [0.717, 1.165) is 17.1 Å². The molecule has 1 fully saturated rings. The lowest BCUT2D eigenvalue weighted by Gasteiger charge is -2.22. The molecule has 30 heavy (non-hydrogen) atoms. The van der Waals surface area contributed by atoms with Crippen LogP contribution < -0.4 is 10.5 Å². The summed E-state index contributed by atoms with van der Waals surface area (Å²) < 4.78 is 47.3. The summed E-state index contributed by atoms with van der Waals surface area (Å²) in [6.45, 7) is 1.46. The second-order valence-electron chi connectivity index (χ2n) is 7.34. The molecule has 160 valence electrons. The topological polar surface area (TPSA) is 106 Å². The second kappa shape index (κ2) is 7.53. The smallest absolute Gasteiger partial charge is 0.416 e. The molecule has 1 aromatic carbocycles. The second-order valence-corrected chi connectivity index (χ2v) is 7.34. The number of halogens is 3. The van der Waals surface area contributed by atoms with Gasteiger partial charge in [-0.1, -0.05) is 6.07 Å². The van der Waals surface area contributed by atoms with Gasteiger partial charge < -0.3 is 25.3 Å². The molecule has 1 aliphatic carbocycles. The van der Waals surface area contributed by atoms with Gasteiger partial charge in [0.05, 0.1) is 17.3 Å². The highest BCUT2D eigenvalue weighted by molar-refractivity contribution is 5.78. The summed E-state index contributed by atoms with van der Waals surface area (Å²) in [5.74, 6) is -0.0558. The molecule has 10 heteroatoms. The first-order chi connectivity index (χ1) is 14.2. The van der Waals surface area contributed by atoms with Gasteiger partial charge in [-0.2, -0.15) is 13.2 Å². The van der Waals surface area contributed by atoms with E-state index < -0.39 is 36.1 Å². The Balaban J connectivity index is 1.64. The number of aromatic nitrogens is 3. The standard InChI is InChI=1S/C20H21F3N4O3/c1-10-11-5-6-27(19(11)26-9-25-10)14-7-16(18(29)17(14)28)30-15-4-2-3-13(12(15)8-24)20(21,22)23/h2-6,9,14,16-18,28-29H,7-8,24H2,1H3/t14?,16?,17-,18+/m0/s1. The first kappa shape index (κ1) is 20.6. The highest BCUT2D eigenvalue weighted by Gasteiger charge is 2.45. The Hall–Kier alpha value is -2.69. The van der Waals surface area contributed by atoms with Gasteiger partial charge in [-0.3, -0.25) is 0 Å². The monoisotopic (exact) mass is 422 g/mol. The average Bonchev–Trinajstić information content (AvgIpc) is 3.24. The SMILES string of the molecule is Cc1ncnc2c1ccn2C1CC(Oc2cccc(C(F)(F)F)c2CN)[C@@H](O)[C@H]1O. The van der Waals surface area contributed by atoms with Gasteiger partial charge in [0.15, 0.2) is 0 Å². The Bertz CT molecular complexity index is 1070. The van der Waals surface area contributed by atoms with E-state index in [9.17, 15) is 23.4 Å². The lowest BCUT2D eigenvalue weighted by Crippen LogP contribution is -2.34. The van der Waals surface area contributed by atoms with E-state index in [-0.39, 0.29) is 24.3 Å². The summed E-state index contributed by atoms with van der Waals surface area (Å²) in [6.07, 6.45) is -4.65. The fourth-order valence-electron chi connectivity index (χ4n) is 4.04. The van der Waals surface area contributed by atoms with Crippen LogP contribution in [0, 0.1) is 6.92 Å². The van der Waals surface area contributed by atoms with E-state index in [1.165, 1.54) is 18.5 Å². The lowest BCUT2D eigenvalue weighted by atomic mass is 10.1. The molecule has 2 unspecified atom stereocenters. The van der Waals surface area contributed by atoms with Gasteiger partial charge in [-0.05, 0) is 25.1 Å². The molecule has 0 bridgehead atoms. The molecule has 4 N–H and O–H groups in total. The van der Waals surface area contributed by atoms with Crippen molar-refractivity contribution in [2.24, 2.45) is 5.73 Å². The highest BCUT2D eigenvalue weighted by atomic mass is 19.4. The van der Waals surface area contributed by atoms with Crippen molar-refractivity contribution in [2.45, 2.75) is 50.4 Å². The summed E-state index contributed by atoms with van der Waals surface area (Å²) in [7, 11) is 0. The maximum Gasteiger partial charge on any atom is 0.416 e. The van der Waals surface area contributed by atoms with Gasteiger partial charge in [0, 0.05) is 30.1 Å². The van der Waals surface area contributed by atoms with Crippen molar-refractivity contribution in [1.29, 1.82) is 0 Å². The Morgan fingerprint density at radius 3 is 2.67 bits per heavy atom. The number of nitrogens with two attached hydrogens (primary N) is 1. The van der Waals surface area contributed by atoms with Crippen LogP contribution in [0.5, 0.6) is 5.75 Å². The third-order valence-corrected chi connectivity index (χ3v) is 5.59. The van der Waals surface area contributed by atoms with Gasteiger partial charge in [0.2, 0.25) is 0 Å². The molecule has 4 atom stereocenters. The van der Waals surface area contributed by atoms with E-state index in [2.05, 4.69) is 9.97 Å². The van der Waals surface area contributed by atoms with Gasteiger partial charge >= 0.3 is 6.18 Å². The predicted octanol–water partition coefficient (Wildman–Crippen LogP) is 2.33. The normalized spacial score (nSPS) is 24.5. The molecule has 7 nitrogen and oxygen atoms in total. The van der Waals surface area contributed by atoms with E-state index in [1.807, 2.05) is 13.0 Å². The molecule has 0 saturated heterocycles. The number of benzene rings is 1. The summed E-state index contributed by atoms with van der Waals surface area (Å²) in [4.78, 5) is 8.39. The maximum atomic E-state index is 13.3. The number of hydrogen-bond acceptors (Lipinski definition) is 6. The van der Waals surface area contributed by atoms with Crippen molar-refractivity contribution in [2.75, 3.05) is 0 Å². The number of aryl methyl sites for hydroxylation is 1. The number of ether oxygens (including phenoxy) is 1. The van der Waals surface area contributed by atoms with Crippen molar-refractivity contribution in [3.05, 3.63) is 53.6 Å². The summed E-state index contributed by atoms with van der Waals surface area (Å²) in [6, 6.07) is 4.80. The average molecular weight is 422 g/mol. The van der Waals surface area contributed by atoms with Crippen molar-refractivity contribution >= 4 is 11.0 Å². The molecule has 0 spiro atoms. The minimum absolute atomic E-state index is 0.0558. The molecule has 1 aliphatic rings. The molecule has 4 rings (SSSR count). The lowest BCUT2D eigenvalue weighted by molar-refractivity contribution is -0.138. The predicted molar refractivity (Wildman–Crippen MR) is 102 cm³/mol. The zero-order valence-electron chi connectivity index (χ0n) is 16.0. The Morgan fingerprint density at radius 2 is 1.97 bits per heavy atom. The molecule has 2 aromatic heterocycles. The van der Waals surface area contributed by atoms with Gasteiger partial charge in [-0.15, -0.1) is 0 Å². The van der Waals surface area contributed by atoms with E-state index in [0.29, 0.717) is 5.65 Å². The maximum absolute atomic E-state index is 13.3. The van der Waals surface area contributed by atoms with Crippen LogP contribution >= 0.6 is 0 Å². The molecule has 0 amide bonds. The molecule has 0 aliphatic heterocycles. The highest BCUT2D eigenvalue weighted by Crippen LogP contribution is 2.39. The summed E-state index contributed by atoms with van der Waals surface area (Å²) in [5, 5.41) is 22.0. The van der Waals surface area contributed by atoms with Gasteiger partial charge in [0.1, 0.15) is 36.0 Å². The van der Waals surface area contributed by atoms with Crippen LogP contribution in [0.15, 0.2) is 36.8 Å². The fourth-order valence-corrected chi connectivity index (χ4v) is 4.04. The van der Waals surface area contributed by atoms with Crippen molar-refractivity contribution < 1.29 is 28.1 Å². The number of hydrogen-bond donors (Lipinski definition) is 3. The Kier molecular flexibility index (Phi) is 5.16.